The van der Waals surface area contributed by atoms with Crippen LogP contribution < -0.4 is 0 Å². The van der Waals surface area contributed by atoms with Gasteiger partial charge in [-0.25, -0.2) is 0 Å². The minimum absolute atomic E-state index is 0.0680. The van der Waals surface area contributed by atoms with Crippen LogP contribution in [0.15, 0.2) is 0 Å². The zero-order chi connectivity index (χ0) is 17.3. The van der Waals surface area contributed by atoms with E-state index in [0.29, 0.717) is 52.0 Å². The molecule has 0 radical (unpaired) electrons. The first-order chi connectivity index (χ1) is 10.6. The lowest BCUT2D eigenvalue weighted by Crippen LogP contribution is -2.54. The van der Waals surface area contributed by atoms with Crippen LogP contribution >= 0.6 is 0 Å². The predicted molar refractivity (Wildman–Crippen MR) is 80.8 cm³/mol. The van der Waals surface area contributed by atoms with Crippen molar-refractivity contribution in [3.8, 4) is 0 Å². The van der Waals surface area contributed by atoms with Gasteiger partial charge in [0.25, 0.3) is 0 Å². The maximum absolute atomic E-state index is 13.2. The lowest BCUT2D eigenvalue weighted by molar-refractivity contribution is -0.201. The van der Waals surface area contributed by atoms with Crippen molar-refractivity contribution in [2.45, 2.75) is 51.3 Å². The molecule has 2 aliphatic rings. The quantitative estimate of drug-likeness (QED) is 0.860. The first kappa shape index (κ1) is 18.5. The van der Waals surface area contributed by atoms with Gasteiger partial charge in [-0.1, -0.05) is 12.8 Å². The Morgan fingerprint density at radius 2 is 1.65 bits per heavy atom. The highest BCUT2D eigenvalue weighted by molar-refractivity contribution is 5.79. The molecule has 1 saturated heterocycles. The maximum atomic E-state index is 13.2. The monoisotopic (exact) mass is 336 g/mol. The topological polar surface area (TPSA) is 43.8 Å². The van der Waals surface area contributed by atoms with Crippen molar-refractivity contribution >= 4 is 5.91 Å². The van der Waals surface area contributed by atoms with Crippen LogP contribution in [0.3, 0.4) is 0 Å². The van der Waals surface area contributed by atoms with Gasteiger partial charge >= 0.3 is 6.18 Å². The van der Waals surface area contributed by atoms with Gasteiger partial charge in [0.05, 0.1) is 11.5 Å². The number of hydrogen-bond donors (Lipinski definition) is 1. The zero-order valence-corrected chi connectivity index (χ0v) is 13.9. The molecule has 1 N–H and O–H groups in total. The van der Waals surface area contributed by atoms with Crippen molar-refractivity contribution in [2.75, 3.05) is 32.7 Å². The molecule has 1 heterocycles. The molecule has 4 nitrogen and oxygen atoms in total. The smallest absolute Gasteiger partial charge is 0.389 e. The Kier molecular flexibility index (Phi) is 5.61. The molecule has 0 aromatic rings. The summed E-state index contributed by atoms with van der Waals surface area (Å²) in [5, 5.41) is 9.83. The fraction of sp³-hybridized carbons (Fsp3) is 0.938. The summed E-state index contributed by atoms with van der Waals surface area (Å²) >= 11 is 0. The SMILES string of the molecule is CC(C)(O)CN1CCN(C(=O)[C@@H]2CCCC[C@@H]2C(F)(F)F)CC1. The second-order valence-corrected chi connectivity index (χ2v) is 7.45. The normalized spacial score (nSPS) is 28.0. The molecule has 7 heteroatoms. The molecular weight excluding hydrogens is 309 g/mol. The van der Waals surface area contributed by atoms with Gasteiger partial charge in [-0.3, -0.25) is 9.69 Å². The molecule has 0 unspecified atom stereocenters. The molecule has 1 saturated carbocycles. The van der Waals surface area contributed by atoms with E-state index in [1.54, 1.807) is 18.7 Å². The lowest BCUT2D eigenvalue weighted by atomic mass is 9.78. The van der Waals surface area contributed by atoms with Crippen molar-refractivity contribution in [3.05, 3.63) is 0 Å². The lowest BCUT2D eigenvalue weighted by Gasteiger charge is -2.40. The summed E-state index contributed by atoms with van der Waals surface area (Å²) in [4.78, 5) is 16.2. The van der Waals surface area contributed by atoms with Crippen molar-refractivity contribution < 1.29 is 23.1 Å². The number of amides is 1. The van der Waals surface area contributed by atoms with Crippen LogP contribution in [0.5, 0.6) is 0 Å². The summed E-state index contributed by atoms with van der Waals surface area (Å²) in [6.45, 7) is 6.02. The second kappa shape index (κ2) is 6.97. The molecule has 2 atom stereocenters. The minimum Gasteiger partial charge on any atom is -0.389 e. The van der Waals surface area contributed by atoms with Crippen molar-refractivity contribution in [2.24, 2.45) is 11.8 Å². The van der Waals surface area contributed by atoms with Gasteiger partial charge in [0.2, 0.25) is 5.91 Å². The number of piperazine rings is 1. The van der Waals surface area contributed by atoms with Gasteiger partial charge in [0.1, 0.15) is 0 Å². The van der Waals surface area contributed by atoms with E-state index in [-0.39, 0.29) is 12.3 Å². The number of rotatable bonds is 3. The third-order valence-electron chi connectivity index (χ3n) is 4.80. The predicted octanol–water partition coefficient (Wildman–Crippen LogP) is 2.27. The molecule has 2 fully saturated rings. The standard InChI is InChI=1S/C16H27F3N2O2/c1-15(2,23)11-20-7-9-21(10-8-20)14(22)12-5-3-4-6-13(12)16(17,18)19/h12-13,23H,3-11H2,1-2H3/t12-,13+/m1/s1. The summed E-state index contributed by atoms with van der Waals surface area (Å²) in [7, 11) is 0. The highest BCUT2D eigenvalue weighted by Gasteiger charge is 2.49. The summed E-state index contributed by atoms with van der Waals surface area (Å²) in [6.07, 6.45) is -2.63. The van der Waals surface area contributed by atoms with E-state index < -0.39 is 23.6 Å². The average molecular weight is 336 g/mol. The first-order valence-corrected chi connectivity index (χ1v) is 8.38. The first-order valence-electron chi connectivity index (χ1n) is 8.38. The van der Waals surface area contributed by atoms with Crippen LogP contribution in [0.4, 0.5) is 13.2 Å². The third kappa shape index (κ3) is 5.08. The van der Waals surface area contributed by atoms with Crippen LogP contribution in [0.1, 0.15) is 39.5 Å². The average Bonchev–Trinajstić information content (AvgIpc) is 2.45. The molecule has 1 aliphatic heterocycles. The van der Waals surface area contributed by atoms with Gasteiger partial charge in [-0.2, -0.15) is 13.2 Å². The van der Waals surface area contributed by atoms with Crippen LogP contribution in [-0.4, -0.2) is 65.3 Å². The highest BCUT2D eigenvalue weighted by atomic mass is 19.4. The number of alkyl halides is 3. The molecule has 2 rings (SSSR count). The number of nitrogens with zero attached hydrogens (tertiary/aromatic N) is 2. The Bertz CT molecular complexity index is 413. The van der Waals surface area contributed by atoms with E-state index in [4.69, 9.17) is 0 Å². The Hall–Kier alpha value is -0.820. The summed E-state index contributed by atoms with van der Waals surface area (Å²) in [5.41, 5.74) is -0.809. The van der Waals surface area contributed by atoms with Crippen LogP contribution in [0, 0.1) is 11.8 Å². The van der Waals surface area contributed by atoms with Gasteiger partial charge in [0.15, 0.2) is 0 Å². The largest absolute Gasteiger partial charge is 0.392 e. The van der Waals surface area contributed by atoms with Crippen molar-refractivity contribution in [1.82, 2.24) is 9.80 Å². The molecular formula is C16H27F3N2O2. The van der Waals surface area contributed by atoms with Gasteiger partial charge < -0.3 is 10.0 Å². The molecule has 134 valence electrons. The number of hydrogen-bond acceptors (Lipinski definition) is 3. The molecule has 0 aromatic heterocycles. The third-order valence-corrected chi connectivity index (χ3v) is 4.80. The molecule has 1 aliphatic carbocycles. The van der Waals surface area contributed by atoms with E-state index >= 15 is 0 Å². The highest BCUT2D eigenvalue weighted by Crippen LogP contribution is 2.42. The van der Waals surface area contributed by atoms with Crippen molar-refractivity contribution in [1.29, 1.82) is 0 Å². The van der Waals surface area contributed by atoms with Crippen molar-refractivity contribution in [3.63, 3.8) is 0 Å². The minimum atomic E-state index is -4.29. The molecule has 1 amide bonds. The summed E-state index contributed by atoms with van der Waals surface area (Å²) < 4.78 is 39.5. The fourth-order valence-electron chi connectivity index (χ4n) is 3.73. The van der Waals surface area contributed by atoms with E-state index in [9.17, 15) is 23.1 Å². The van der Waals surface area contributed by atoms with E-state index in [1.165, 1.54) is 0 Å². The number of carbonyl (C=O) groups excluding carboxylic acids is 1. The number of carbonyl (C=O) groups is 1. The second-order valence-electron chi connectivity index (χ2n) is 7.45. The Labute approximate surface area is 135 Å². The Morgan fingerprint density at radius 1 is 1.09 bits per heavy atom. The molecule has 0 spiro atoms. The molecule has 0 aromatic carbocycles. The van der Waals surface area contributed by atoms with Crippen LogP contribution in [0.2, 0.25) is 0 Å². The number of aliphatic hydroxyl groups is 1. The zero-order valence-electron chi connectivity index (χ0n) is 13.9. The summed E-state index contributed by atoms with van der Waals surface area (Å²) in [5.74, 6) is -2.74. The van der Waals surface area contributed by atoms with E-state index in [1.807, 2.05) is 4.90 Å². The fourth-order valence-corrected chi connectivity index (χ4v) is 3.73. The van der Waals surface area contributed by atoms with E-state index in [0.717, 1.165) is 0 Å². The van der Waals surface area contributed by atoms with Gasteiger partial charge in [-0.15, -0.1) is 0 Å². The Morgan fingerprint density at radius 3 is 2.17 bits per heavy atom. The molecule has 0 bridgehead atoms. The maximum Gasteiger partial charge on any atom is 0.392 e. The molecule has 23 heavy (non-hydrogen) atoms. The van der Waals surface area contributed by atoms with Gasteiger partial charge in [0, 0.05) is 38.6 Å². The van der Waals surface area contributed by atoms with Gasteiger partial charge in [-0.05, 0) is 26.7 Å². The van der Waals surface area contributed by atoms with Crippen LogP contribution in [-0.2, 0) is 4.79 Å². The van der Waals surface area contributed by atoms with Crippen LogP contribution in [0.25, 0.3) is 0 Å². The number of β-amino-alcohol motifs (C(OH)–C–C–N with tert-alkyl or cyclic N) is 1. The number of halogens is 3. The van der Waals surface area contributed by atoms with E-state index in [2.05, 4.69) is 0 Å². The summed E-state index contributed by atoms with van der Waals surface area (Å²) in [6, 6.07) is 0. The Balaban J connectivity index is 1.93.